The third kappa shape index (κ3) is 12.1. The zero-order valence-electron chi connectivity index (χ0n) is 21.7. The predicted octanol–water partition coefficient (Wildman–Crippen LogP) is 8.29. The van der Waals surface area contributed by atoms with Crippen LogP contribution in [0, 0.1) is 5.41 Å². The van der Waals surface area contributed by atoms with Gasteiger partial charge in [-0.05, 0) is 0 Å². The van der Waals surface area contributed by atoms with Gasteiger partial charge in [0.2, 0.25) is 0 Å². The van der Waals surface area contributed by atoms with Crippen LogP contribution >= 0.6 is 0 Å². The molecule has 173 valence electrons. The van der Waals surface area contributed by atoms with E-state index in [1.165, 1.54) is 75.2 Å². The first-order valence-corrected chi connectivity index (χ1v) is 13.2. The van der Waals surface area contributed by atoms with Gasteiger partial charge in [-0.1, -0.05) is 0 Å². The van der Waals surface area contributed by atoms with Gasteiger partial charge < -0.3 is 0 Å². The second-order valence-electron chi connectivity index (χ2n) is 10.9. The predicted molar refractivity (Wildman–Crippen MR) is 141 cm³/mol. The van der Waals surface area contributed by atoms with Crippen molar-refractivity contribution in [3.63, 3.8) is 0 Å². The molecule has 1 unspecified atom stereocenters. The molecule has 3 heteroatoms. The Morgan fingerprint density at radius 2 is 1.48 bits per heavy atom. The van der Waals surface area contributed by atoms with Crippen LogP contribution in [0.3, 0.4) is 0 Å². The van der Waals surface area contributed by atoms with E-state index in [0.29, 0.717) is 12.1 Å². The van der Waals surface area contributed by atoms with Crippen LogP contribution in [0.15, 0.2) is 18.1 Å². The number of unbranched alkanes of at least 4 members (excludes halogenated alkanes) is 6. The molecule has 1 atom stereocenters. The molecular weight excluding hydrogens is 374 g/mol. The van der Waals surface area contributed by atoms with Gasteiger partial charge in [-0.2, -0.15) is 0 Å². The molecule has 1 aromatic rings. The van der Waals surface area contributed by atoms with Crippen LogP contribution in [-0.2, 0) is 17.6 Å². The average molecular weight is 423 g/mol. The van der Waals surface area contributed by atoms with Gasteiger partial charge >= 0.3 is 196 Å². The van der Waals surface area contributed by atoms with E-state index in [4.69, 9.17) is 0 Å². The molecule has 0 aliphatic rings. The molecule has 1 aromatic heterocycles. The number of hydrogen-bond donors (Lipinski definition) is 0. The Kier molecular flexibility index (Phi) is 13.7. The van der Waals surface area contributed by atoms with Crippen molar-refractivity contribution in [1.29, 1.82) is 0 Å². The molecule has 0 aliphatic heterocycles. The van der Waals surface area contributed by atoms with Crippen LogP contribution in [0.4, 0.5) is 0 Å². The minimum atomic E-state index is 0.0509. The summed E-state index contributed by atoms with van der Waals surface area (Å²) in [6.07, 6.45) is 16.5. The maximum atomic E-state index is 13.2. The van der Waals surface area contributed by atoms with Crippen LogP contribution in [0.1, 0.15) is 130 Å². The summed E-state index contributed by atoms with van der Waals surface area (Å²) in [5.41, 5.74) is 3.19. The topological polar surface area (TPSA) is 17.1 Å². The van der Waals surface area contributed by atoms with Crippen molar-refractivity contribution in [1.82, 2.24) is 0 Å². The Bertz CT molecular complexity index is 625. The van der Waals surface area contributed by atoms with Gasteiger partial charge in [0.05, 0.1) is 0 Å². The molecular formula is C28H49B2O. The molecule has 0 aliphatic carbocycles. The first-order valence-electron chi connectivity index (χ1n) is 13.2. The van der Waals surface area contributed by atoms with Gasteiger partial charge in [0.15, 0.2) is 0 Å². The monoisotopic (exact) mass is 423 g/mol. The van der Waals surface area contributed by atoms with E-state index in [-0.39, 0.29) is 10.7 Å². The number of hydrogen-bond acceptors (Lipinski definition) is 1. The van der Waals surface area contributed by atoms with Crippen molar-refractivity contribution in [2.45, 2.75) is 137 Å². The zero-order valence-corrected chi connectivity index (χ0v) is 21.7. The van der Waals surface area contributed by atoms with Crippen molar-refractivity contribution in [3.8, 4) is 0 Å². The van der Waals surface area contributed by atoms with Gasteiger partial charge in [0.1, 0.15) is 0 Å². The Morgan fingerprint density at radius 3 is 2.13 bits per heavy atom. The fourth-order valence-electron chi connectivity index (χ4n) is 4.79. The van der Waals surface area contributed by atoms with E-state index in [1.807, 2.05) is 0 Å². The van der Waals surface area contributed by atoms with Crippen LogP contribution in [0.25, 0.3) is 0 Å². The molecule has 0 amide bonds. The number of rotatable bonds is 18. The molecule has 0 N–H and O–H groups in total. The van der Waals surface area contributed by atoms with Gasteiger partial charge in [0.25, 0.3) is 0 Å². The summed E-state index contributed by atoms with van der Waals surface area (Å²) in [6.45, 7) is 16.1. The first kappa shape index (κ1) is 28.2. The zero-order chi connectivity index (χ0) is 23.2. The minimum absolute atomic E-state index is 0.0509. The van der Waals surface area contributed by atoms with E-state index in [1.54, 1.807) is 0 Å². The summed E-state index contributed by atoms with van der Waals surface area (Å²) in [5, 5.41) is 0.0509. The average Bonchev–Trinajstić information content (AvgIpc) is 2.71. The van der Waals surface area contributed by atoms with Crippen molar-refractivity contribution in [3.05, 3.63) is 29.1 Å². The first-order chi connectivity index (χ1) is 14.7. The summed E-state index contributed by atoms with van der Waals surface area (Å²) < 4.78 is 0. The second-order valence-corrected chi connectivity index (χ2v) is 10.9. The van der Waals surface area contributed by atoms with E-state index < -0.39 is 0 Å². The Morgan fingerprint density at radius 1 is 0.871 bits per heavy atom. The van der Waals surface area contributed by atoms with Crippen LogP contribution in [0.5, 0.6) is 0 Å². The summed E-state index contributed by atoms with van der Waals surface area (Å²) in [5.74, 6) is 2.13. The normalized spacial score (nSPS) is 13.6. The number of carbonyl (C=O) groups excluding carboxylic acids is 1. The molecule has 1 heterocycles. The van der Waals surface area contributed by atoms with Crippen molar-refractivity contribution >= 4 is 19.9 Å². The van der Waals surface area contributed by atoms with Gasteiger partial charge in [-0.25, -0.2) is 0 Å². The SMILES string of the molecule is CCCCCCC(C)([B]C(=O)Cc1cccbc1CC(C)(C)CCCC)CCCCC. The molecule has 0 aromatic carbocycles. The van der Waals surface area contributed by atoms with Crippen LogP contribution in [-0.4, -0.2) is 19.9 Å². The quantitative estimate of drug-likeness (QED) is 0.171. The maximum absolute atomic E-state index is 13.2. The third-order valence-corrected chi connectivity index (χ3v) is 6.82. The Labute approximate surface area is 196 Å². The van der Waals surface area contributed by atoms with E-state index >= 15 is 0 Å². The standard InChI is InChI=1S/C28H49B2O/c1-7-10-13-15-20-28(6,19-14-11-8-2)30-26(31)22-24-17-16-21-29-25(24)23-27(4,5)18-12-9-3/h16-17,21H,7-15,18-20,22-23H2,1-6H3. The van der Waals surface area contributed by atoms with Crippen molar-refractivity contribution in [2.24, 2.45) is 5.41 Å². The van der Waals surface area contributed by atoms with Crippen LogP contribution in [0.2, 0.25) is 5.31 Å². The summed E-state index contributed by atoms with van der Waals surface area (Å²) in [6, 6.07) is 4.27. The Balaban J connectivity index is 2.80. The molecule has 1 radical (unpaired) electrons. The molecule has 31 heavy (non-hydrogen) atoms. The molecule has 0 saturated carbocycles. The van der Waals surface area contributed by atoms with Gasteiger partial charge in [-0.15, -0.1) is 0 Å². The summed E-state index contributed by atoms with van der Waals surface area (Å²) in [4.78, 5) is 13.2. The summed E-state index contributed by atoms with van der Waals surface area (Å²) in [7, 11) is 2.10. The van der Waals surface area contributed by atoms with Gasteiger partial charge in [-0.3, -0.25) is 0 Å². The third-order valence-electron chi connectivity index (χ3n) is 6.82. The molecule has 1 rings (SSSR count). The van der Waals surface area contributed by atoms with Crippen LogP contribution < -0.4 is 0 Å². The number of carbonyl (C=O) groups is 1. The Hall–Kier alpha value is -0.850. The summed E-state index contributed by atoms with van der Waals surface area (Å²) >= 11 is 0. The molecule has 1 nitrogen and oxygen atoms in total. The van der Waals surface area contributed by atoms with E-state index in [0.717, 1.165) is 19.3 Å². The van der Waals surface area contributed by atoms with Gasteiger partial charge in [0, 0.05) is 0 Å². The van der Waals surface area contributed by atoms with Crippen molar-refractivity contribution in [2.75, 3.05) is 0 Å². The second kappa shape index (κ2) is 15.1. The molecule has 0 spiro atoms. The molecule has 0 fully saturated rings. The van der Waals surface area contributed by atoms with E-state index in [9.17, 15) is 4.79 Å². The van der Waals surface area contributed by atoms with Crippen molar-refractivity contribution < 1.29 is 4.79 Å². The molecule has 0 bridgehead atoms. The van der Waals surface area contributed by atoms with E-state index in [2.05, 4.69) is 73.8 Å². The fourth-order valence-corrected chi connectivity index (χ4v) is 4.79. The molecule has 0 saturated heterocycles. The fraction of sp³-hybridized carbons (Fsp3) is 0.786.